The first kappa shape index (κ1) is 13.9. The summed E-state index contributed by atoms with van der Waals surface area (Å²) in [6.07, 6.45) is 2.18. The van der Waals surface area contributed by atoms with Crippen LogP contribution in [0.3, 0.4) is 0 Å². The minimum Gasteiger partial charge on any atom is -0.398 e. The summed E-state index contributed by atoms with van der Waals surface area (Å²) in [5.41, 5.74) is 8.30. The molecule has 0 radical (unpaired) electrons. The Balaban J connectivity index is 2.16. The number of nitrogens with two attached hydrogens (primary N) is 1. The van der Waals surface area contributed by atoms with Crippen molar-refractivity contribution in [1.82, 2.24) is 9.80 Å². The molecule has 1 aliphatic rings. The molecule has 0 spiro atoms. The first-order valence-corrected chi connectivity index (χ1v) is 6.81. The molecule has 0 aromatic heterocycles. The highest BCUT2D eigenvalue weighted by molar-refractivity contribution is 5.95. The SMILES string of the molecule is Cc1ccc(C(=O)N2CCCC2CN(C)C)cc1N. The van der Waals surface area contributed by atoms with E-state index < -0.39 is 0 Å². The summed E-state index contributed by atoms with van der Waals surface area (Å²) < 4.78 is 0. The zero-order valence-corrected chi connectivity index (χ0v) is 12.0. The maximum atomic E-state index is 12.6. The van der Waals surface area contributed by atoms with Gasteiger partial charge in [-0.1, -0.05) is 6.07 Å². The number of anilines is 1. The molecule has 2 N–H and O–H groups in total. The Kier molecular flexibility index (Phi) is 4.10. The van der Waals surface area contributed by atoms with Crippen molar-refractivity contribution in [3.05, 3.63) is 29.3 Å². The van der Waals surface area contributed by atoms with Gasteiger partial charge in [0, 0.05) is 30.4 Å². The minimum absolute atomic E-state index is 0.107. The molecule has 1 aromatic carbocycles. The van der Waals surface area contributed by atoms with Crippen molar-refractivity contribution in [3.63, 3.8) is 0 Å². The largest absolute Gasteiger partial charge is 0.398 e. The normalized spacial score (nSPS) is 19.2. The number of likely N-dealkylation sites (tertiary alicyclic amines) is 1. The highest BCUT2D eigenvalue weighted by Gasteiger charge is 2.29. The number of nitrogen functional groups attached to an aromatic ring is 1. The molecule has 1 fully saturated rings. The van der Waals surface area contributed by atoms with Gasteiger partial charge in [0.1, 0.15) is 0 Å². The van der Waals surface area contributed by atoms with Gasteiger partial charge in [-0.2, -0.15) is 0 Å². The van der Waals surface area contributed by atoms with Crippen LogP contribution in [0.15, 0.2) is 18.2 Å². The monoisotopic (exact) mass is 261 g/mol. The molecular formula is C15H23N3O. The maximum absolute atomic E-state index is 12.6. The molecule has 4 nitrogen and oxygen atoms in total. The molecule has 1 atom stereocenters. The van der Waals surface area contributed by atoms with Gasteiger partial charge in [0.2, 0.25) is 0 Å². The number of nitrogens with zero attached hydrogens (tertiary/aromatic N) is 2. The summed E-state index contributed by atoms with van der Waals surface area (Å²) in [7, 11) is 4.09. The van der Waals surface area contributed by atoms with Crippen molar-refractivity contribution in [2.75, 3.05) is 32.9 Å². The fraction of sp³-hybridized carbons (Fsp3) is 0.533. The molecule has 1 saturated heterocycles. The molecule has 2 rings (SSSR count). The van der Waals surface area contributed by atoms with E-state index in [0.29, 0.717) is 17.3 Å². The van der Waals surface area contributed by atoms with Gasteiger partial charge in [-0.15, -0.1) is 0 Å². The molecule has 1 aromatic rings. The van der Waals surface area contributed by atoms with Gasteiger partial charge in [-0.3, -0.25) is 4.79 Å². The molecule has 1 amide bonds. The average molecular weight is 261 g/mol. The van der Waals surface area contributed by atoms with Crippen molar-refractivity contribution >= 4 is 11.6 Å². The van der Waals surface area contributed by atoms with E-state index in [9.17, 15) is 4.79 Å². The van der Waals surface area contributed by atoms with Crippen molar-refractivity contribution in [3.8, 4) is 0 Å². The lowest BCUT2D eigenvalue weighted by atomic mass is 10.1. The number of hydrogen-bond donors (Lipinski definition) is 1. The van der Waals surface area contributed by atoms with E-state index in [-0.39, 0.29) is 5.91 Å². The highest BCUT2D eigenvalue weighted by atomic mass is 16.2. The van der Waals surface area contributed by atoms with Gasteiger partial charge in [-0.05, 0) is 51.6 Å². The van der Waals surface area contributed by atoms with Gasteiger partial charge in [0.15, 0.2) is 0 Å². The zero-order valence-electron chi connectivity index (χ0n) is 12.0. The number of amides is 1. The van der Waals surface area contributed by atoms with Crippen LogP contribution in [0.5, 0.6) is 0 Å². The molecule has 4 heteroatoms. The summed E-state index contributed by atoms with van der Waals surface area (Å²) in [6.45, 7) is 3.73. The van der Waals surface area contributed by atoms with Crippen molar-refractivity contribution in [2.24, 2.45) is 0 Å². The van der Waals surface area contributed by atoms with Gasteiger partial charge in [-0.25, -0.2) is 0 Å². The van der Waals surface area contributed by atoms with Crippen LogP contribution < -0.4 is 5.73 Å². The number of likely N-dealkylation sites (N-methyl/N-ethyl adjacent to an activating group) is 1. The Morgan fingerprint density at radius 2 is 2.21 bits per heavy atom. The van der Waals surface area contributed by atoms with Crippen LogP contribution in [0.25, 0.3) is 0 Å². The fourth-order valence-electron chi connectivity index (χ4n) is 2.65. The Hall–Kier alpha value is -1.55. The van der Waals surface area contributed by atoms with Crippen LogP contribution in [0.2, 0.25) is 0 Å². The Morgan fingerprint density at radius 1 is 1.47 bits per heavy atom. The van der Waals surface area contributed by atoms with Crippen molar-refractivity contribution in [1.29, 1.82) is 0 Å². The lowest BCUT2D eigenvalue weighted by Gasteiger charge is -2.27. The molecule has 0 bridgehead atoms. The van der Waals surface area contributed by atoms with Gasteiger partial charge in [0.05, 0.1) is 0 Å². The summed E-state index contributed by atoms with van der Waals surface area (Å²) in [5.74, 6) is 0.107. The summed E-state index contributed by atoms with van der Waals surface area (Å²) in [6, 6.07) is 5.91. The Morgan fingerprint density at radius 3 is 2.84 bits per heavy atom. The zero-order chi connectivity index (χ0) is 14.0. The molecule has 1 heterocycles. The van der Waals surface area contributed by atoms with Crippen LogP contribution in [0.4, 0.5) is 5.69 Å². The second kappa shape index (κ2) is 5.61. The third kappa shape index (κ3) is 3.07. The quantitative estimate of drug-likeness (QED) is 0.843. The molecule has 0 saturated carbocycles. The van der Waals surface area contributed by atoms with E-state index in [1.165, 1.54) is 0 Å². The van der Waals surface area contributed by atoms with Gasteiger partial charge in [0.25, 0.3) is 5.91 Å². The number of rotatable bonds is 3. The summed E-state index contributed by atoms with van der Waals surface area (Å²) >= 11 is 0. The van der Waals surface area contributed by atoms with Crippen LogP contribution in [0.1, 0.15) is 28.8 Å². The van der Waals surface area contributed by atoms with Gasteiger partial charge < -0.3 is 15.5 Å². The third-order valence-electron chi connectivity index (χ3n) is 3.74. The number of carbonyl (C=O) groups is 1. The van der Waals surface area contributed by atoms with Crippen LogP contribution >= 0.6 is 0 Å². The van der Waals surface area contributed by atoms with E-state index >= 15 is 0 Å². The van der Waals surface area contributed by atoms with Gasteiger partial charge >= 0.3 is 0 Å². The molecule has 0 aliphatic carbocycles. The number of hydrogen-bond acceptors (Lipinski definition) is 3. The molecule has 1 aliphatic heterocycles. The highest BCUT2D eigenvalue weighted by Crippen LogP contribution is 2.22. The number of benzene rings is 1. The maximum Gasteiger partial charge on any atom is 0.254 e. The minimum atomic E-state index is 0.107. The smallest absolute Gasteiger partial charge is 0.254 e. The third-order valence-corrected chi connectivity index (χ3v) is 3.74. The van der Waals surface area contributed by atoms with E-state index in [2.05, 4.69) is 4.90 Å². The van der Waals surface area contributed by atoms with Crippen LogP contribution in [-0.2, 0) is 0 Å². The first-order chi connectivity index (χ1) is 8.99. The van der Waals surface area contributed by atoms with Crippen LogP contribution in [0, 0.1) is 6.92 Å². The van der Waals surface area contributed by atoms with E-state index in [1.807, 2.05) is 38.1 Å². The standard InChI is InChI=1S/C15H23N3O/c1-11-6-7-12(9-14(11)16)15(19)18-8-4-5-13(18)10-17(2)3/h6-7,9,13H,4-5,8,10,16H2,1-3H3. The lowest BCUT2D eigenvalue weighted by Crippen LogP contribution is -2.41. The van der Waals surface area contributed by atoms with Crippen molar-refractivity contribution < 1.29 is 4.79 Å². The summed E-state index contributed by atoms with van der Waals surface area (Å²) in [5, 5.41) is 0. The lowest BCUT2D eigenvalue weighted by molar-refractivity contribution is 0.0716. The Labute approximate surface area is 115 Å². The molecule has 1 unspecified atom stereocenters. The second-order valence-electron chi connectivity index (χ2n) is 5.63. The first-order valence-electron chi connectivity index (χ1n) is 6.81. The average Bonchev–Trinajstić information content (AvgIpc) is 2.79. The van der Waals surface area contributed by atoms with Crippen molar-refractivity contribution in [2.45, 2.75) is 25.8 Å². The Bertz CT molecular complexity index is 470. The number of aryl methyl sites for hydroxylation is 1. The van der Waals surface area contributed by atoms with E-state index in [1.54, 1.807) is 6.07 Å². The predicted molar refractivity (Wildman–Crippen MR) is 78.2 cm³/mol. The summed E-state index contributed by atoms with van der Waals surface area (Å²) in [4.78, 5) is 16.7. The molecular weight excluding hydrogens is 238 g/mol. The van der Waals surface area contributed by atoms with E-state index in [0.717, 1.165) is 31.5 Å². The second-order valence-corrected chi connectivity index (χ2v) is 5.63. The predicted octanol–water partition coefficient (Wildman–Crippen LogP) is 1.74. The van der Waals surface area contributed by atoms with E-state index in [4.69, 9.17) is 5.73 Å². The molecule has 104 valence electrons. The fourth-order valence-corrected chi connectivity index (χ4v) is 2.65. The van der Waals surface area contributed by atoms with Crippen LogP contribution in [-0.4, -0.2) is 48.9 Å². The number of carbonyl (C=O) groups excluding carboxylic acids is 1. The molecule has 19 heavy (non-hydrogen) atoms. The topological polar surface area (TPSA) is 49.6 Å².